The second-order valence-corrected chi connectivity index (χ2v) is 6.33. The molecule has 1 nitrogen and oxygen atoms in total. The van der Waals surface area contributed by atoms with Gasteiger partial charge in [-0.05, 0) is 44.4 Å². The molecule has 0 aliphatic heterocycles. The van der Waals surface area contributed by atoms with E-state index in [1.165, 1.54) is 27.8 Å². The molecule has 110 valence electrons. The lowest BCUT2D eigenvalue weighted by Crippen LogP contribution is -2.28. The maximum absolute atomic E-state index is 12.6. The van der Waals surface area contributed by atoms with Crippen LogP contribution in [0.3, 0.4) is 0 Å². The molecule has 5 heteroatoms. The zero-order valence-electron chi connectivity index (χ0n) is 11.7. The van der Waals surface area contributed by atoms with Crippen molar-refractivity contribution >= 4 is 22.5 Å². The van der Waals surface area contributed by atoms with Crippen molar-refractivity contribution in [2.24, 2.45) is 0 Å². The van der Waals surface area contributed by atoms with E-state index in [1.54, 1.807) is 11.3 Å². The third-order valence-corrected chi connectivity index (χ3v) is 5.02. The number of nitrogens with zero attached hydrogens (tertiary/aromatic N) is 1. The predicted octanol–water partition coefficient (Wildman–Crippen LogP) is 3.96. The largest absolute Gasteiger partial charge is 0.416 e. The Labute approximate surface area is 124 Å². The Morgan fingerprint density at radius 2 is 1.62 bits per heavy atom. The SMILES string of the molecule is CC1=c2nc(-c3ccc(C(F)(F)F)cc3)sc2=C(C)CC1. The second kappa shape index (κ2) is 4.98. The molecule has 3 rings (SSSR count). The van der Waals surface area contributed by atoms with E-state index in [-0.39, 0.29) is 0 Å². The summed E-state index contributed by atoms with van der Waals surface area (Å²) in [7, 11) is 0. The van der Waals surface area contributed by atoms with Crippen LogP contribution in [0, 0.1) is 0 Å². The molecule has 21 heavy (non-hydrogen) atoms. The van der Waals surface area contributed by atoms with Crippen LogP contribution in [0.25, 0.3) is 21.7 Å². The molecule has 1 aliphatic rings. The van der Waals surface area contributed by atoms with Crippen molar-refractivity contribution in [2.45, 2.75) is 32.9 Å². The molecule has 0 saturated carbocycles. The van der Waals surface area contributed by atoms with Gasteiger partial charge >= 0.3 is 6.18 Å². The fourth-order valence-corrected chi connectivity index (χ4v) is 3.61. The molecule has 0 fully saturated rings. The van der Waals surface area contributed by atoms with Crippen LogP contribution in [0.4, 0.5) is 13.2 Å². The van der Waals surface area contributed by atoms with Crippen molar-refractivity contribution in [3.05, 3.63) is 39.7 Å². The summed E-state index contributed by atoms with van der Waals surface area (Å²) < 4.78 is 38.9. The van der Waals surface area contributed by atoms with E-state index in [2.05, 4.69) is 18.8 Å². The standard InChI is InChI=1S/C16H14F3NS/c1-9-3-4-10(2)14-13(9)20-15(21-14)11-5-7-12(8-6-11)16(17,18)19/h5-8H,3-4H2,1-2H3. The molecule has 2 aromatic rings. The van der Waals surface area contributed by atoms with Crippen LogP contribution in [0.1, 0.15) is 32.3 Å². The number of hydrogen-bond acceptors (Lipinski definition) is 2. The summed E-state index contributed by atoms with van der Waals surface area (Å²) in [5, 5.41) is 1.80. The van der Waals surface area contributed by atoms with Crippen LogP contribution in [0.15, 0.2) is 24.3 Å². The van der Waals surface area contributed by atoms with E-state index in [1.807, 2.05) is 0 Å². The van der Waals surface area contributed by atoms with Gasteiger partial charge in [0.15, 0.2) is 0 Å². The van der Waals surface area contributed by atoms with Gasteiger partial charge in [-0.3, -0.25) is 0 Å². The van der Waals surface area contributed by atoms with Crippen molar-refractivity contribution < 1.29 is 13.2 Å². The smallest absolute Gasteiger partial charge is 0.236 e. The highest BCUT2D eigenvalue weighted by molar-refractivity contribution is 7.13. The first-order chi connectivity index (χ1) is 9.86. The molecule has 1 aromatic carbocycles. The van der Waals surface area contributed by atoms with E-state index >= 15 is 0 Å². The van der Waals surface area contributed by atoms with Crippen LogP contribution < -0.4 is 9.88 Å². The fourth-order valence-electron chi connectivity index (χ4n) is 2.43. The molecule has 0 bridgehead atoms. The summed E-state index contributed by atoms with van der Waals surface area (Å²) in [5.41, 5.74) is 2.68. The Kier molecular flexibility index (Phi) is 3.40. The average molecular weight is 309 g/mol. The lowest BCUT2D eigenvalue weighted by Gasteiger charge is -2.06. The highest BCUT2D eigenvalue weighted by Gasteiger charge is 2.30. The normalized spacial score (nSPS) is 15.3. The third kappa shape index (κ3) is 2.62. The highest BCUT2D eigenvalue weighted by Crippen LogP contribution is 2.31. The second-order valence-electron chi connectivity index (χ2n) is 5.33. The number of halogens is 3. The van der Waals surface area contributed by atoms with Gasteiger partial charge in [-0.25, -0.2) is 4.98 Å². The Balaban J connectivity index is 2.10. The van der Waals surface area contributed by atoms with E-state index < -0.39 is 11.7 Å². The summed E-state index contributed by atoms with van der Waals surface area (Å²) in [4.78, 5) is 4.62. The molecule has 0 amide bonds. The van der Waals surface area contributed by atoms with Gasteiger partial charge in [0, 0.05) is 5.56 Å². The number of rotatable bonds is 1. The number of aromatic nitrogens is 1. The molecular weight excluding hydrogens is 295 g/mol. The molecule has 0 unspecified atom stereocenters. The van der Waals surface area contributed by atoms with Gasteiger partial charge in [-0.1, -0.05) is 17.7 Å². The lowest BCUT2D eigenvalue weighted by atomic mass is 10.0. The van der Waals surface area contributed by atoms with Crippen molar-refractivity contribution in [1.82, 2.24) is 4.98 Å². The molecule has 1 aliphatic carbocycles. The average Bonchev–Trinajstić information content (AvgIpc) is 2.89. The summed E-state index contributed by atoms with van der Waals surface area (Å²) >= 11 is 1.56. The van der Waals surface area contributed by atoms with Gasteiger partial charge in [0.05, 0.1) is 15.4 Å². The molecule has 0 radical (unpaired) electrons. The van der Waals surface area contributed by atoms with Crippen molar-refractivity contribution in [3.8, 4) is 10.6 Å². The fraction of sp³-hybridized carbons (Fsp3) is 0.312. The van der Waals surface area contributed by atoms with Crippen LogP contribution in [0.5, 0.6) is 0 Å². The Hall–Kier alpha value is -1.62. The van der Waals surface area contributed by atoms with Crippen molar-refractivity contribution in [3.63, 3.8) is 0 Å². The summed E-state index contributed by atoms with van der Waals surface area (Å²) in [5.74, 6) is 0. The summed E-state index contributed by atoms with van der Waals surface area (Å²) in [6, 6.07) is 5.22. The first-order valence-corrected chi connectivity index (χ1v) is 7.52. The Bertz CT molecular complexity index is 758. The van der Waals surface area contributed by atoms with Gasteiger partial charge in [-0.2, -0.15) is 13.2 Å². The topological polar surface area (TPSA) is 12.9 Å². The molecule has 1 aromatic heterocycles. The van der Waals surface area contributed by atoms with Gasteiger partial charge in [0.1, 0.15) is 5.01 Å². The highest BCUT2D eigenvalue weighted by atomic mass is 32.1. The zero-order valence-corrected chi connectivity index (χ0v) is 12.5. The van der Waals surface area contributed by atoms with Crippen molar-refractivity contribution in [2.75, 3.05) is 0 Å². The maximum atomic E-state index is 12.6. The van der Waals surface area contributed by atoms with Gasteiger partial charge < -0.3 is 0 Å². The van der Waals surface area contributed by atoms with E-state index in [0.29, 0.717) is 0 Å². The van der Waals surface area contributed by atoms with Gasteiger partial charge in [-0.15, -0.1) is 11.3 Å². The van der Waals surface area contributed by atoms with Gasteiger partial charge in [0.25, 0.3) is 0 Å². The first-order valence-electron chi connectivity index (χ1n) is 6.70. The number of benzene rings is 1. The minimum Gasteiger partial charge on any atom is -0.236 e. The van der Waals surface area contributed by atoms with E-state index in [0.717, 1.165) is 40.9 Å². The number of thiazole rings is 1. The van der Waals surface area contributed by atoms with Crippen molar-refractivity contribution in [1.29, 1.82) is 0 Å². The van der Waals surface area contributed by atoms with Crippen LogP contribution in [-0.2, 0) is 6.18 Å². The number of fused-ring (bicyclic) bond motifs is 1. The van der Waals surface area contributed by atoms with E-state index in [9.17, 15) is 13.2 Å². The first kappa shape index (κ1) is 14.3. The van der Waals surface area contributed by atoms with E-state index in [4.69, 9.17) is 0 Å². The van der Waals surface area contributed by atoms with Crippen LogP contribution in [-0.4, -0.2) is 4.98 Å². The molecule has 0 atom stereocenters. The minimum atomic E-state index is -4.30. The molecular formula is C16H14F3NS. The maximum Gasteiger partial charge on any atom is 0.416 e. The molecule has 0 N–H and O–H groups in total. The number of hydrogen-bond donors (Lipinski definition) is 0. The lowest BCUT2D eigenvalue weighted by molar-refractivity contribution is -0.137. The quantitative estimate of drug-likeness (QED) is 0.777. The third-order valence-electron chi connectivity index (χ3n) is 3.75. The summed E-state index contributed by atoms with van der Waals surface area (Å²) in [6.45, 7) is 4.17. The molecule has 1 heterocycles. The number of alkyl halides is 3. The minimum absolute atomic E-state index is 0.627. The molecule has 0 spiro atoms. The molecule has 0 saturated heterocycles. The predicted molar refractivity (Wildman–Crippen MR) is 79.2 cm³/mol. The monoisotopic (exact) mass is 309 g/mol. The van der Waals surface area contributed by atoms with Crippen LogP contribution >= 0.6 is 11.3 Å². The van der Waals surface area contributed by atoms with Gasteiger partial charge in [0.2, 0.25) is 0 Å². The zero-order chi connectivity index (χ0) is 15.2. The Morgan fingerprint density at radius 1 is 1.00 bits per heavy atom. The van der Waals surface area contributed by atoms with Crippen LogP contribution in [0.2, 0.25) is 0 Å². The summed E-state index contributed by atoms with van der Waals surface area (Å²) in [6.07, 6.45) is -2.25. The Morgan fingerprint density at radius 3 is 2.19 bits per heavy atom.